The molecule has 0 spiro atoms. The molecule has 0 N–H and O–H groups in total. The molecule has 12 heteroatoms. The van der Waals surface area contributed by atoms with Gasteiger partial charge in [0.1, 0.15) is 0 Å². The normalized spacial score (nSPS) is 30.1. The maximum Gasteiger partial charge on any atom is 0.192 e. The Morgan fingerprint density at radius 2 is 1.41 bits per heavy atom. The predicted molar refractivity (Wildman–Crippen MR) is 238 cm³/mol. The third-order valence-electron chi connectivity index (χ3n) is 14.2. The molecule has 1 aromatic carbocycles. The van der Waals surface area contributed by atoms with E-state index in [1.807, 2.05) is 6.07 Å². The monoisotopic (exact) mass is 862 g/mol. The molecule has 0 radical (unpaired) electrons. The van der Waals surface area contributed by atoms with Gasteiger partial charge in [-0.1, -0.05) is 79.8 Å². The highest BCUT2D eigenvalue weighted by Crippen LogP contribution is 2.43. The van der Waals surface area contributed by atoms with Gasteiger partial charge < -0.3 is 32.5 Å². The zero-order chi connectivity index (χ0) is 42.7. The SMILES string of the molecule is C=C1C[C@H](CCC2OCCO2)O[C@H]1CC[C@H]1C[C@H](C)C(=C)[C@@H](C[C@@H]2O[C@H](C[C@@H](CO[Si](C)(C)C(C)(C)C)O[Si](C)(C)C(C)(C)C)C[C@H]2CS(=O)(=O)c2ccccc2)O1. The first kappa shape index (κ1) is 47.8. The smallest absolute Gasteiger partial charge is 0.192 e. The van der Waals surface area contributed by atoms with Gasteiger partial charge in [0, 0.05) is 25.2 Å². The van der Waals surface area contributed by atoms with Gasteiger partial charge in [0.05, 0.1) is 73.2 Å². The molecule has 9 atom stereocenters. The molecule has 330 valence electrons. The van der Waals surface area contributed by atoms with E-state index < -0.39 is 26.5 Å². The van der Waals surface area contributed by atoms with Crippen LogP contribution in [0.2, 0.25) is 36.3 Å². The second kappa shape index (κ2) is 19.5. The summed E-state index contributed by atoms with van der Waals surface area (Å²) in [7, 11) is -7.78. The molecule has 4 aliphatic heterocycles. The van der Waals surface area contributed by atoms with Crippen LogP contribution in [0.3, 0.4) is 0 Å². The predicted octanol–water partition coefficient (Wildman–Crippen LogP) is 10.4. The van der Waals surface area contributed by atoms with Gasteiger partial charge in [-0.25, -0.2) is 8.42 Å². The van der Waals surface area contributed by atoms with Gasteiger partial charge in [-0.3, -0.25) is 0 Å². The van der Waals surface area contributed by atoms with Crippen LogP contribution in [-0.4, -0.2) is 99.6 Å². The van der Waals surface area contributed by atoms with Gasteiger partial charge >= 0.3 is 0 Å². The van der Waals surface area contributed by atoms with Crippen LogP contribution in [0.25, 0.3) is 0 Å². The molecule has 0 unspecified atom stereocenters. The first-order valence-electron chi connectivity index (χ1n) is 22.1. The molecule has 58 heavy (non-hydrogen) atoms. The van der Waals surface area contributed by atoms with Crippen LogP contribution in [0.1, 0.15) is 106 Å². The first-order valence-corrected chi connectivity index (χ1v) is 29.6. The van der Waals surface area contributed by atoms with Crippen LogP contribution in [0.5, 0.6) is 0 Å². The van der Waals surface area contributed by atoms with E-state index in [4.69, 9.17) is 32.5 Å². The second-order valence-electron chi connectivity index (χ2n) is 20.8. The molecule has 1 aromatic rings. The number of sulfone groups is 1. The van der Waals surface area contributed by atoms with Crippen molar-refractivity contribution in [2.45, 2.75) is 196 Å². The number of ether oxygens (including phenoxy) is 5. The Hall–Kier alpha value is -1.20. The first-order chi connectivity index (χ1) is 26.9. The van der Waals surface area contributed by atoms with Crippen molar-refractivity contribution in [2.75, 3.05) is 25.6 Å². The Morgan fingerprint density at radius 3 is 2.05 bits per heavy atom. The van der Waals surface area contributed by atoms with E-state index in [2.05, 4.69) is 87.8 Å². The summed E-state index contributed by atoms with van der Waals surface area (Å²) in [6.45, 7) is 35.7. The Balaban J connectivity index is 1.28. The molecule has 0 saturated carbocycles. The Kier molecular flexibility index (Phi) is 16.1. The Bertz CT molecular complexity index is 1610. The van der Waals surface area contributed by atoms with Crippen molar-refractivity contribution >= 4 is 26.5 Å². The zero-order valence-corrected chi connectivity index (χ0v) is 40.7. The summed E-state index contributed by atoms with van der Waals surface area (Å²) < 4.78 is 73.4. The van der Waals surface area contributed by atoms with E-state index in [-0.39, 0.29) is 76.7 Å². The molecule has 4 saturated heterocycles. The molecular formula is C46H78O9SSi2. The molecular weight excluding hydrogens is 785 g/mol. The largest absolute Gasteiger partial charge is 0.414 e. The summed E-state index contributed by atoms with van der Waals surface area (Å²) in [5, 5.41) is 0.0940. The van der Waals surface area contributed by atoms with Crippen LogP contribution >= 0.6 is 0 Å². The average Bonchev–Trinajstić information content (AvgIpc) is 3.87. The summed E-state index contributed by atoms with van der Waals surface area (Å²) in [4.78, 5) is 0.351. The van der Waals surface area contributed by atoms with Crippen LogP contribution in [0.4, 0.5) is 0 Å². The molecule has 4 aliphatic rings. The third-order valence-corrected chi connectivity index (χ3v) is 25.1. The molecule has 0 aliphatic carbocycles. The van der Waals surface area contributed by atoms with Crippen molar-refractivity contribution in [3.05, 3.63) is 54.6 Å². The van der Waals surface area contributed by atoms with E-state index in [9.17, 15) is 8.42 Å². The summed E-state index contributed by atoms with van der Waals surface area (Å²) in [5.41, 5.74) is 2.22. The van der Waals surface area contributed by atoms with Gasteiger partial charge in [0.2, 0.25) is 0 Å². The second-order valence-corrected chi connectivity index (χ2v) is 32.4. The van der Waals surface area contributed by atoms with Crippen molar-refractivity contribution in [2.24, 2.45) is 11.8 Å². The quantitative estimate of drug-likeness (QED) is 0.106. The zero-order valence-electron chi connectivity index (χ0n) is 37.8. The highest BCUT2D eigenvalue weighted by molar-refractivity contribution is 7.91. The molecule has 0 amide bonds. The van der Waals surface area contributed by atoms with Crippen molar-refractivity contribution in [1.29, 1.82) is 0 Å². The van der Waals surface area contributed by atoms with Gasteiger partial charge in [-0.05, 0) is 104 Å². The molecule has 0 aromatic heterocycles. The maximum absolute atomic E-state index is 13.9. The fourth-order valence-corrected chi connectivity index (χ4v) is 12.4. The van der Waals surface area contributed by atoms with Crippen LogP contribution in [0, 0.1) is 11.8 Å². The minimum absolute atomic E-state index is 0.0197. The average molecular weight is 863 g/mol. The number of benzene rings is 1. The standard InChI is InChI=1S/C46H78O9SSi2/c1-32-25-36(19-21-41-33(2)26-37(52-41)20-22-44-49-23-24-50-44)53-42(34(32)3)29-43-35(31-56(47,48)40-17-15-14-16-18-40)27-38(54-43)28-39(55-58(12,13)46(7,8)9)30-51-57(10,11)45(4,5)6/h14-18,32,35-39,41-44H,2-3,19-31H2,1,4-13H3/t32-,35-,36-,37-,38-,39-,41-,42+,43-/m0/s1. The van der Waals surface area contributed by atoms with Crippen molar-refractivity contribution in [1.82, 2.24) is 0 Å². The molecule has 4 heterocycles. The lowest BCUT2D eigenvalue weighted by molar-refractivity contribution is -0.0766. The van der Waals surface area contributed by atoms with Crippen molar-refractivity contribution < 1.29 is 41.0 Å². The van der Waals surface area contributed by atoms with E-state index in [1.165, 1.54) is 0 Å². The summed E-state index contributed by atoms with van der Waals surface area (Å²) in [5.74, 6) is 0.0877. The minimum Gasteiger partial charge on any atom is -0.414 e. The van der Waals surface area contributed by atoms with Crippen molar-refractivity contribution in [3.63, 3.8) is 0 Å². The van der Waals surface area contributed by atoms with Gasteiger partial charge in [-0.2, -0.15) is 0 Å². The van der Waals surface area contributed by atoms with E-state index in [0.29, 0.717) is 44.0 Å². The lowest BCUT2D eigenvalue weighted by Gasteiger charge is -2.42. The fourth-order valence-electron chi connectivity index (χ4n) is 8.36. The maximum atomic E-state index is 13.9. The highest BCUT2D eigenvalue weighted by atomic mass is 32.2. The number of hydrogen-bond acceptors (Lipinski definition) is 9. The van der Waals surface area contributed by atoms with E-state index in [0.717, 1.165) is 49.7 Å². The van der Waals surface area contributed by atoms with Gasteiger partial charge in [-0.15, -0.1) is 0 Å². The molecule has 0 bridgehead atoms. The van der Waals surface area contributed by atoms with Crippen LogP contribution < -0.4 is 0 Å². The molecule has 9 nitrogen and oxygen atoms in total. The van der Waals surface area contributed by atoms with Crippen LogP contribution in [-0.2, 0) is 42.4 Å². The molecule has 5 rings (SSSR count). The lowest BCUT2D eigenvalue weighted by Crippen LogP contribution is -2.48. The summed E-state index contributed by atoms with van der Waals surface area (Å²) >= 11 is 0. The lowest BCUT2D eigenvalue weighted by atomic mass is 9.83. The van der Waals surface area contributed by atoms with Crippen LogP contribution in [0.15, 0.2) is 59.5 Å². The van der Waals surface area contributed by atoms with E-state index >= 15 is 0 Å². The third kappa shape index (κ3) is 12.7. The Morgan fingerprint density at radius 1 is 0.793 bits per heavy atom. The summed E-state index contributed by atoms with van der Waals surface area (Å²) in [6, 6.07) is 8.82. The fraction of sp³-hybridized carbons (Fsp3) is 0.783. The molecule has 4 fully saturated rings. The van der Waals surface area contributed by atoms with Gasteiger partial charge in [0.15, 0.2) is 32.8 Å². The topological polar surface area (TPSA) is 98.8 Å². The van der Waals surface area contributed by atoms with E-state index in [1.54, 1.807) is 24.3 Å². The number of hydrogen-bond donors (Lipinski definition) is 0. The summed E-state index contributed by atoms with van der Waals surface area (Å²) in [6.07, 6.45) is 6.29. The van der Waals surface area contributed by atoms with Crippen molar-refractivity contribution in [3.8, 4) is 0 Å². The van der Waals surface area contributed by atoms with Gasteiger partial charge in [0.25, 0.3) is 0 Å². The minimum atomic E-state index is -3.56. The highest BCUT2D eigenvalue weighted by Gasteiger charge is 2.46. The number of rotatable bonds is 18. The Labute approximate surface area is 354 Å².